The first-order valence-corrected chi connectivity index (χ1v) is 8.11. The number of aryl methyl sites for hydroxylation is 1. The highest BCUT2D eigenvalue weighted by Crippen LogP contribution is 2.23. The molecule has 1 amide bonds. The van der Waals surface area contributed by atoms with E-state index in [0.717, 1.165) is 10.2 Å². The normalized spacial score (nSPS) is 10.9. The summed E-state index contributed by atoms with van der Waals surface area (Å²) in [7, 11) is 0. The highest BCUT2D eigenvalue weighted by Gasteiger charge is 2.12. The molecule has 27 heavy (non-hydrogen) atoms. The summed E-state index contributed by atoms with van der Waals surface area (Å²) in [4.78, 5) is 24.9. The van der Waals surface area contributed by atoms with Gasteiger partial charge in [-0.2, -0.15) is 0 Å². The van der Waals surface area contributed by atoms with Gasteiger partial charge >= 0.3 is 0 Å². The van der Waals surface area contributed by atoms with Gasteiger partial charge in [0.25, 0.3) is 5.56 Å². The molecule has 2 heterocycles. The first kappa shape index (κ1) is 16.6. The number of benzene rings is 2. The molecule has 4 rings (SSSR count). The molecule has 0 saturated heterocycles. The number of aromatic nitrogens is 5. The minimum Gasteiger partial charge on any atom is -0.423 e. The Morgan fingerprint density at radius 3 is 2.85 bits per heavy atom. The third kappa shape index (κ3) is 3.30. The molecule has 0 aliphatic carbocycles. The average Bonchev–Trinajstić information content (AvgIpc) is 3.21. The van der Waals surface area contributed by atoms with Gasteiger partial charge in [-0.3, -0.25) is 9.59 Å². The van der Waals surface area contributed by atoms with E-state index in [2.05, 4.69) is 25.8 Å². The lowest BCUT2D eigenvalue weighted by molar-refractivity contribution is -0.117. The zero-order chi connectivity index (χ0) is 18.8. The van der Waals surface area contributed by atoms with Gasteiger partial charge in [0.05, 0.1) is 5.39 Å². The number of carbonyl (C=O) groups excluding carboxylic acids is 1. The number of anilines is 1. The van der Waals surface area contributed by atoms with Crippen molar-refractivity contribution in [3.05, 3.63) is 64.8 Å². The van der Waals surface area contributed by atoms with Crippen LogP contribution in [0.5, 0.6) is 0 Å². The molecular weight excluding hydrogens is 348 g/mol. The summed E-state index contributed by atoms with van der Waals surface area (Å²) >= 11 is 0. The van der Waals surface area contributed by atoms with Gasteiger partial charge in [-0.15, -0.1) is 15.3 Å². The van der Waals surface area contributed by atoms with Gasteiger partial charge in [-0.05, 0) is 36.8 Å². The minimum absolute atomic E-state index is 0.249. The van der Waals surface area contributed by atoms with Gasteiger partial charge in [0.1, 0.15) is 12.1 Å². The van der Waals surface area contributed by atoms with Crippen LogP contribution in [0, 0.1) is 6.92 Å². The third-order valence-electron chi connectivity index (χ3n) is 4.04. The molecule has 0 aliphatic rings. The summed E-state index contributed by atoms with van der Waals surface area (Å²) in [5.74, 6) is -0.0467. The molecule has 2 aromatic heterocycles. The highest BCUT2D eigenvalue weighted by molar-refractivity contribution is 5.92. The summed E-state index contributed by atoms with van der Waals surface area (Å²) in [6.45, 7) is 1.61. The maximum atomic E-state index is 12.4. The molecule has 0 aliphatic heterocycles. The first-order chi connectivity index (χ1) is 13.1. The number of hydrogen-bond donors (Lipinski definition) is 1. The van der Waals surface area contributed by atoms with E-state index in [9.17, 15) is 9.59 Å². The Bertz CT molecular complexity index is 1180. The molecular formula is C18H14N6O3. The number of hydrogen-bond acceptors (Lipinski definition) is 7. The zero-order valence-electron chi connectivity index (χ0n) is 14.3. The Labute approximate surface area is 152 Å². The zero-order valence-corrected chi connectivity index (χ0v) is 14.3. The van der Waals surface area contributed by atoms with E-state index >= 15 is 0 Å². The Hall–Kier alpha value is -3.88. The van der Waals surface area contributed by atoms with Crippen molar-refractivity contribution in [1.29, 1.82) is 0 Å². The fourth-order valence-corrected chi connectivity index (χ4v) is 2.64. The van der Waals surface area contributed by atoms with Crippen LogP contribution in [0.1, 0.15) is 5.56 Å². The molecule has 0 fully saturated rings. The highest BCUT2D eigenvalue weighted by atomic mass is 16.4. The molecule has 4 aromatic rings. The van der Waals surface area contributed by atoms with Crippen LogP contribution in [-0.4, -0.2) is 31.1 Å². The summed E-state index contributed by atoms with van der Waals surface area (Å²) in [5.41, 5.74) is 2.23. The van der Waals surface area contributed by atoms with Crippen LogP contribution in [0.25, 0.3) is 22.4 Å². The molecule has 0 saturated carbocycles. The monoisotopic (exact) mass is 362 g/mol. The second kappa shape index (κ2) is 6.79. The Morgan fingerprint density at radius 2 is 2.04 bits per heavy atom. The van der Waals surface area contributed by atoms with Crippen molar-refractivity contribution < 1.29 is 9.21 Å². The SMILES string of the molecule is Cc1ccc(-c2nnco2)cc1NC(=O)Cn1nnc2ccccc2c1=O. The number of rotatable bonds is 4. The van der Waals surface area contributed by atoms with E-state index in [0.29, 0.717) is 28.0 Å². The lowest BCUT2D eigenvalue weighted by atomic mass is 10.1. The van der Waals surface area contributed by atoms with E-state index in [1.807, 2.05) is 19.1 Å². The Kier molecular flexibility index (Phi) is 4.17. The fourth-order valence-electron chi connectivity index (χ4n) is 2.64. The van der Waals surface area contributed by atoms with Crippen LogP contribution in [0.3, 0.4) is 0 Å². The Morgan fingerprint density at radius 1 is 1.19 bits per heavy atom. The molecule has 0 bridgehead atoms. The molecule has 0 spiro atoms. The molecule has 9 nitrogen and oxygen atoms in total. The van der Waals surface area contributed by atoms with Crippen molar-refractivity contribution in [3.8, 4) is 11.5 Å². The molecule has 0 radical (unpaired) electrons. The van der Waals surface area contributed by atoms with Crippen LogP contribution in [0.15, 0.2) is 58.1 Å². The summed E-state index contributed by atoms with van der Waals surface area (Å²) in [6, 6.07) is 12.2. The van der Waals surface area contributed by atoms with Crippen molar-refractivity contribution in [1.82, 2.24) is 25.2 Å². The smallest absolute Gasteiger partial charge is 0.278 e. The van der Waals surface area contributed by atoms with Crippen molar-refractivity contribution in [2.45, 2.75) is 13.5 Å². The molecule has 0 unspecified atom stereocenters. The van der Waals surface area contributed by atoms with Crippen molar-refractivity contribution in [3.63, 3.8) is 0 Å². The topological polar surface area (TPSA) is 116 Å². The molecule has 134 valence electrons. The maximum Gasteiger partial charge on any atom is 0.278 e. The van der Waals surface area contributed by atoms with Crippen LogP contribution in [-0.2, 0) is 11.3 Å². The second-order valence-corrected chi connectivity index (χ2v) is 5.89. The van der Waals surface area contributed by atoms with E-state index in [1.165, 1.54) is 6.39 Å². The number of nitrogens with zero attached hydrogens (tertiary/aromatic N) is 5. The maximum absolute atomic E-state index is 12.4. The van der Waals surface area contributed by atoms with Crippen LogP contribution < -0.4 is 10.9 Å². The number of fused-ring (bicyclic) bond motifs is 1. The number of nitrogens with one attached hydrogen (secondary N) is 1. The lowest BCUT2D eigenvalue weighted by Crippen LogP contribution is -2.30. The van der Waals surface area contributed by atoms with Gasteiger partial charge in [-0.25, -0.2) is 4.68 Å². The molecule has 0 atom stereocenters. The number of amides is 1. The van der Waals surface area contributed by atoms with E-state index < -0.39 is 5.91 Å². The van der Waals surface area contributed by atoms with Crippen LogP contribution in [0.4, 0.5) is 5.69 Å². The second-order valence-electron chi connectivity index (χ2n) is 5.89. The predicted molar refractivity (Wildman–Crippen MR) is 96.9 cm³/mol. The summed E-state index contributed by atoms with van der Waals surface area (Å²) in [5, 5.41) is 18.5. The van der Waals surface area contributed by atoms with Gasteiger partial charge in [0.2, 0.25) is 18.2 Å². The van der Waals surface area contributed by atoms with Crippen molar-refractivity contribution >= 4 is 22.5 Å². The molecule has 1 N–H and O–H groups in total. The standard InChI is InChI=1S/C18H14N6O3/c1-11-6-7-12(17-22-19-10-27-17)8-15(11)20-16(25)9-24-18(26)13-4-2-3-5-14(13)21-23-24/h2-8,10H,9H2,1H3,(H,20,25). The Balaban J connectivity index is 1.57. The quantitative estimate of drug-likeness (QED) is 0.588. The van der Waals surface area contributed by atoms with Gasteiger partial charge in [-0.1, -0.05) is 23.4 Å². The summed E-state index contributed by atoms with van der Waals surface area (Å²) in [6.07, 6.45) is 1.23. The third-order valence-corrected chi connectivity index (χ3v) is 4.04. The molecule has 2 aromatic carbocycles. The van der Waals surface area contributed by atoms with Gasteiger partial charge in [0.15, 0.2) is 0 Å². The first-order valence-electron chi connectivity index (χ1n) is 8.11. The van der Waals surface area contributed by atoms with E-state index in [4.69, 9.17) is 4.42 Å². The minimum atomic E-state index is -0.396. The average molecular weight is 362 g/mol. The predicted octanol–water partition coefficient (Wildman–Crippen LogP) is 1.79. The van der Waals surface area contributed by atoms with Crippen molar-refractivity contribution in [2.75, 3.05) is 5.32 Å². The summed E-state index contributed by atoms with van der Waals surface area (Å²) < 4.78 is 6.21. The van der Waals surface area contributed by atoms with Gasteiger partial charge < -0.3 is 9.73 Å². The largest absolute Gasteiger partial charge is 0.423 e. The van der Waals surface area contributed by atoms with E-state index in [1.54, 1.807) is 30.3 Å². The van der Waals surface area contributed by atoms with Gasteiger partial charge in [0, 0.05) is 11.3 Å². The number of carbonyl (C=O) groups is 1. The van der Waals surface area contributed by atoms with E-state index in [-0.39, 0.29) is 12.1 Å². The molecule has 9 heteroatoms. The lowest BCUT2D eigenvalue weighted by Gasteiger charge is -2.10. The fraction of sp³-hybridized carbons (Fsp3) is 0.111. The van der Waals surface area contributed by atoms with Crippen LogP contribution >= 0.6 is 0 Å². The van der Waals surface area contributed by atoms with Crippen molar-refractivity contribution in [2.24, 2.45) is 0 Å². The van der Waals surface area contributed by atoms with Crippen LogP contribution in [0.2, 0.25) is 0 Å².